The van der Waals surface area contributed by atoms with Crippen LogP contribution in [0.15, 0.2) is 36.5 Å². The molecule has 0 spiro atoms. The lowest BCUT2D eigenvalue weighted by Gasteiger charge is -2.35. The van der Waals surface area contributed by atoms with Crippen LogP contribution in [0, 0.1) is 0 Å². The van der Waals surface area contributed by atoms with Gasteiger partial charge < -0.3 is 19.9 Å². The Morgan fingerprint density at radius 1 is 1.00 bits per heavy atom. The molecular weight excluding hydrogens is 573 g/mol. The number of piperidine rings is 1. The average molecular weight is 617 g/mol. The summed E-state index contributed by atoms with van der Waals surface area (Å²) in [5.74, 6) is 0.981. The van der Waals surface area contributed by atoms with Gasteiger partial charge in [0.05, 0.1) is 5.69 Å². The van der Waals surface area contributed by atoms with E-state index in [4.69, 9.17) is 32.9 Å². The Morgan fingerprint density at radius 3 is 2.40 bits per heavy atom. The molecule has 0 bridgehead atoms. The molecule has 5 rings (SSSR count). The lowest BCUT2D eigenvalue weighted by atomic mass is 9.91. The maximum atomic E-state index is 13.9. The largest absolute Gasteiger partial charge is 0.490 e. The summed E-state index contributed by atoms with van der Waals surface area (Å²) in [6.07, 6.45) is 9.28. The van der Waals surface area contributed by atoms with Crippen LogP contribution in [0.25, 0.3) is 0 Å². The van der Waals surface area contributed by atoms with Crippen molar-refractivity contribution in [2.75, 3.05) is 45.9 Å². The SMILES string of the molecule is CC[C@H](COc1cccnc1C1CCN(C(=O)[C@@H](Cc2ccc(Cl)cc2Cl)NC(=O)N2CCCC2)CC1)N1CCCC1. The number of likely N-dealkylation sites (tertiary alicyclic amines) is 3. The van der Waals surface area contributed by atoms with Crippen molar-refractivity contribution in [3.05, 3.63) is 57.8 Å². The van der Waals surface area contributed by atoms with Gasteiger partial charge in [0, 0.05) is 60.8 Å². The highest BCUT2D eigenvalue weighted by molar-refractivity contribution is 6.35. The van der Waals surface area contributed by atoms with Gasteiger partial charge in [-0.05, 0) is 87.9 Å². The van der Waals surface area contributed by atoms with E-state index in [1.807, 2.05) is 29.3 Å². The van der Waals surface area contributed by atoms with E-state index in [-0.39, 0.29) is 17.9 Å². The van der Waals surface area contributed by atoms with Crippen LogP contribution in [-0.4, -0.2) is 89.6 Å². The highest BCUT2D eigenvalue weighted by Gasteiger charge is 2.33. The molecule has 0 saturated carbocycles. The number of carbonyl (C=O) groups is 2. The molecule has 10 heteroatoms. The molecule has 0 radical (unpaired) electrons. The monoisotopic (exact) mass is 615 g/mol. The van der Waals surface area contributed by atoms with E-state index >= 15 is 0 Å². The zero-order valence-corrected chi connectivity index (χ0v) is 26.1. The predicted octanol–water partition coefficient (Wildman–Crippen LogP) is 5.76. The maximum absolute atomic E-state index is 13.9. The fourth-order valence-corrected chi connectivity index (χ4v) is 6.95. The summed E-state index contributed by atoms with van der Waals surface area (Å²) >= 11 is 12.6. The van der Waals surface area contributed by atoms with E-state index in [1.165, 1.54) is 12.8 Å². The maximum Gasteiger partial charge on any atom is 0.318 e. The van der Waals surface area contributed by atoms with Crippen LogP contribution in [0.3, 0.4) is 0 Å². The second kappa shape index (κ2) is 14.8. The highest BCUT2D eigenvalue weighted by atomic mass is 35.5. The van der Waals surface area contributed by atoms with Crippen LogP contribution < -0.4 is 10.1 Å². The minimum Gasteiger partial charge on any atom is -0.490 e. The minimum atomic E-state index is -0.710. The van der Waals surface area contributed by atoms with Gasteiger partial charge in [0.2, 0.25) is 5.91 Å². The molecule has 1 aromatic heterocycles. The van der Waals surface area contributed by atoms with Crippen molar-refractivity contribution in [3.63, 3.8) is 0 Å². The lowest BCUT2D eigenvalue weighted by Crippen LogP contribution is -2.54. The van der Waals surface area contributed by atoms with Gasteiger partial charge in [-0.25, -0.2) is 4.79 Å². The van der Waals surface area contributed by atoms with Crippen molar-refractivity contribution in [2.24, 2.45) is 0 Å². The predicted molar refractivity (Wildman–Crippen MR) is 166 cm³/mol. The summed E-state index contributed by atoms with van der Waals surface area (Å²) in [5, 5.41) is 4.05. The van der Waals surface area contributed by atoms with Gasteiger partial charge in [0.1, 0.15) is 18.4 Å². The Balaban J connectivity index is 1.23. The number of pyridine rings is 1. The van der Waals surface area contributed by atoms with Crippen molar-refractivity contribution < 1.29 is 14.3 Å². The van der Waals surface area contributed by atoms with Crippen LogP contribution in [0.4, 0.5) is 4.79 Å². The van der Waals surface area contributed by atoms with Crippen molar-refractivity contribution >= 4 is 35.1 Å². The van der Waals surface area contributed by atoms with E-state index < -0.39 is 6.04 Å². The summed E-state index contributed by atoms with van der Waals surface area (Å²) in [6.45, 7) is 7.81. The first-order valence-electron chi connectivity index (χ1n) is 15.5. The number of halogens is 2. The van der Waals surface area contributed by atoms with Gasteiger partial charge >= 0.3 is 6.03 Å². The minimum absolute atomic E-state index is 0.0825. The number of amides is 3. The molecule has 1 N–H and O–H groups in total. The van der Waals surface area contributed by atoms with Crippen LogP contribution in [0.1, 0.15) is 69.0 Å². The summed E-state index contributed by atoms with van der Waals surface area (Å²) in [6, 6.07) is 8.74. The van der Waals surface area contributed by atoms with Gasteiger partial charge in [-0.1, -0.05) is 36.2 Å². The third-order valence-corrected chi connectivity index (χ3v) is 9.57. The molecule has 3 amide bonds. The highest BCUT2D eigenvalue weighted by Crippen LogP contribution is 2.33. The molecule has 3 aliphatic rings. The molecule has 0 unspecified atom stereocenters. The summed E-state index contributed by atoms with van der Waals surface area (Å²) in [7, 11) is 0. The standard InChI is InChI=1S/C32H43Cl2N5O3/c1-2-26(37-14-3-4-15-37)22-42-29-8-7-13-35-30(29)23-11-18-38(19-12-23)31(40)28(36-32(41)39-16-5-6-17-39)20-24-9-10-25(33)21-27(24)34/h7-10,13,21,23,26,28H,2-6,11-12,14-20,22H2,1H3,(H,36,41)/t26-,28-/m1/s1. The number of nitrogens with one attached hydrogen (secondary N) is 1. The molecule has 42 heavy (non-hydrogen) atoms. The van der Waals surface area contributed by atoms with Crippen molar-refractivity contribution in [1.82, 2.24) is 25.0 Å². The number of carbonyl (C=O) groups excluding carboxylic acids is 2. The summed E-state index contributed by atoms with van der Waals surface area (Å²) in [4.78, 5) is 37.8. The molecule has 2 atom stereocenters. The number of benzene rings is 1. The fourth-order valence-electron chi connectivity index (χ4n) is 6.47. The molecule has 3 fully saturated rings. The first-order chi connectivity index (χ1) is 20.4. The molecule has 4 heterocycles. The molecule has 1 aromatic carbocycles. The Kier molecular flexibility index (Phi) is 10.9. The molecule has 0 aliphatic carbocycles. The number of hydrogen-bond acceptors (Lipinski definition) is 5. The zero-order chi connectivity index (χ0) is 29.5. The number of nitrogens with zero attached hydrogens (tertiary/aromatic N) is 4. The Bertz CT molecular complexity index is 1210. The topological polar surface area (TPSA) is 78.0 Å². The van der Waals surface area contributed by atoms with Gasteiger partial charge in [-0.15, -0.1) is 0 Å². The van der Waals surface area contributed by atoms with E-state index in [1.54, 1.807) is 17.0 Å². The Labute approximate surface area is 259 Å². The first kappa shape index (κ1) is 30.9. The van der Waals surface area contributed by atoms with Gasteiger partial charge in [0.25, 0.3) is 0 Å². The number of rotatable bonds is 10. The van der Waals surface area contributed by atoms with Gasteiger partial charge in [-0.3, -0.25) is 14.7 Å². The first-order valence-corrected chi connectivity index (χ1v) is 16.3. The molecule has 8 nitrogen and oxygen atoms in total. The number of urea groups is 1. The molecule has 3 saturated heterocycles. The Hall–Kier alpha value is -2.55. The molecule has 3 aliphatic heterocycles. The normalized spacial score (nSPS) is 19.6. The quantitative estimate of drug-likeness (QED) is 0.367. The van der Waals surface area contributed by atoms with Crippen LogP contribution in [-0.2, 0) is 11.2 Å². The molecular formula is C32H43Cl2N5O3. The van der Waals surface area contributed by atoms with Crippen LogP contribution >= 0.6 is 23.2 Å². The van der Waals surface area contributed by atoms with Crippen LogP contribution in [0.5, 0.6) is 5.75 Å². The third-order valence-electron chi connectivity index (χ3n) is 8.98. The van der Waals surface area contributed by atoms with Gasteiger partial charge in [-0.2, -0.15) is 0 Å². The number of aromatic nitrogens is 1. The molecule has 2 aromatic rings. The van der Waals surface area contributed by atoms with E-state index in [2.05, 4.69) is 17.1 Å². The summed E-state index contributed by atoms with van der Waals surface area (Å²) in [5.41, 5.74) is 1.76. The Morgan fingerprint density at radius 2 is 1.71 bits per heavy atom. The fraction of sp³-hybridized carbons (Fsp3) is 0.594. The molecule has 228 valence electrons. The third kappa shape index (κ3) is 7.69. The number of ether oxygens (including phenoxy) is 1. The lowest BCUT2D eigenvalue weighted by molar-refractivity contribution is -0.134. The van der Waals surface area contributed by atoms with Crippen molar-refractivity contribution in [1.29, 1.82) is 0 Å². The second-order valence-electron chi connectivity index (χ2n) is 11.7. The van der Waals surface area contributed by atoms with Crippen molar-refractivity contribution in [3.8, 4) is 5.75 Å². The van der Waals surface area contributed by atoms with Crippen molar-refractivity contribution in [2.45, 2.75) is 76.3 Å². The van der Waals surface area contributed by atoms with Gasteiger partial charge in [0.15, 0.2) is 0 Å². The smallest absolute Gasteiger partial charge is 0.318 e. The summed E-state index contributed by atoms with van der Waals surface area (Å²) < 4.78 is 6.39. The number of hydrogen-bond donors (Lipinski definition) is 1. The van der Waals surface area contributed by atoms with E-state index in [9.17, 15) is 9.59 Å². The average Bonchev–Trinajstić information content (AvgIpc) is 3.74. The van der Waals surface area contributed by atoms with Crippen LogP contribution in [0.2, 0.25) is 10.0 Å². The second-order valence-corrected chi connectivity index (χ2v) is 12.6. The van der Waals surface area contributed by atoms with E-state index in [0.717, 1.165) is 62.2 Å². The zero-order valence-electron chi connectivity index (χ0n) is 24.6. The van der Waals surface area contributed by atoms with E-state index in [0.29, 0.717) is 55.3 Å².